The molecule has 0 saturated heterocycles. The lowest BCUT2D eigenvalue weighted by Gasteiger charge is -2.12. The van der Waals surface area contributed by atoms with Crippen LogP contribution in [0.3, 0.4) is 0 Å². The third-order valence-electron chi connectivity index (χ3n) is 2.33. The summed E-state index contributed by atoms with van der Waals surface area (Å²) in [6, 6.07) is 9.96. The van der Waals surface area contributed by atoms with Gasteiger partial charge in [-0.3, -0.25) is 0 Å². The SMILES string of the molecule is OC(Cc1sccc1Br)c1ccccc1I. The Hall–Kier alpha value is 0.0900. The Kier molecular flexibility index (Phi) is 4.41. The highest BCUT2D eigenvalue weighted by atomic mass is 127. The average Bonchev–Trinajstić information content (AvgIpc) is 2.65. The van der Waals surface area contributed by atoms with Crippen molar-refractivity contribution >= 4 is 49.9 Å². The van der Waals surface area contributed by atoms with Crippen LogP contribution >= 0.6 is 49.9 Å². The summed E-state index contributed by atoms with van der Waals surface area (Å²) < 4.78 is 2.20. The second-order valence-corrected chi connectivity index (χ2v) is 6.45. The van der Waals surface area contributed by atoms with E-state index in [0.717, 1.165) is 13.6 Å². The van der Waals surface area contributed by atoms with E-state index in [1.165, 1.54) is 4.88 Å². The first-order valence-electron chi connectivity index (χ1n) is 4.83. The second kappa shape index (κ2) is 5.62. The van der Waals surface area contributed by atoms with Crippen LogP contribution in [-0.2, 0) is 6.42 Å². The maximum absolute atomic E-state index is 10.2. The van der Waals surface area contributed by atoms with E-state index in [1.807, 2.05) is 35.7 Å². The molecule has 1 nitrogen and oxygen atoms in total. The quantitative estimate of drug-likeness (QED) is 0.746. The molecule has 4 heteroatoms. The first-order chi connectivity index (χ1) is 7.68. The monoisotopic (exact) mass is 408 g/mol. The fourth-order valence-corrected chi connectivity index (χ4v) is 3.80. The van der Waals surface area contributed by atoms with E-state index in [1.54, 1.807) is 11.3 Å². The largest absolute Gasteiger partial charge is 0.388 e. The van der Waals surface area contributed by atoms with Crippen molar-refractivity contribution < 1.29 is 5.11 Å². The van der Waals surface area contributed by atoms with Gasteiger partial charge >= 0.3 is 0 Å². The molecule has 0 saturated carbocycles. The molecule has 0 aliphatic heterocycles. The van der Waals surface area contributed by atoms with Gasteiger partial charge in [-0.15, -0.1) is 11.3 Å². The molecule has 2 aromatic rings. The van der Waals surface area contributed by atoms with Gasteiger partial charge in [0.25, 0.3) is 0 Å². The zero-order chi connectivity index (χ0) is 11.5. The minimum Gasteiger partial charge on any atom is -0.388 e. The van der Waals surface area contributed by atoms with Gasteiger partial charge in [0.2, 0.25) is 0 Å². The molecule has 0 fully saturated rings. The van der Waals surface area contributed by atoms with Crippen LogP contribution in [0.15, 0.2) is 40.2 Å². The van der Waals surface area contributed by atoms with E-state index in [2.05, 4.69) is 38.5 Å². The summed E-state index contributed by atoms with van der Waals surface area (Å²) in [6.07, 6.45) is 0.237. The number of rotatable bonds is 3. The van der Waals surface area contributed by atoms with E-state index in [0.29, 0.717) is 6.42 Å². The number of halogens is 2. The number of hydrogen-bond donors (Lipinski definition) is 1. The summed E-state index contributed by atoms with van der Waals surface area (Å²) >= 11 is 7.41. The van der Waals surface area contributed by atoms with Gasteiger partial charge in [0.1, 0.15) is 0 Å². The van der Waals surface area contributed by atoms with Gasteiger partial charge in [0.15, 0.2) is 0 Å². The zero-order valence-electron chi connectivity index (χ0n) is 8.36. The number of aliphatic hydroxyl groups excluding tert-OH is 1. The molecule has 2 rings (SSSR count). The number of benzene rings is 1. The van der Waals surface area contributed by atoms with Gasteiger partial charge in [0, 0.05) is 19.3 Å². The van der Waals surface area contributed by atoms with E-state index in [-0.39, 0.29) is 0 Å². The van der Waals surface area contributed by atoms with Gasteiger partial charge in [-0.25, -0.2) is 0 Å². The fourth-order valence-electron chi connectivity index (χ4n) is 1.50. The van der Waals surface area contributed by atoms with Gasteiger partial charge in [-0.1, -0.05) is 18.2 Å². The second-order valence-electron chi connectivity index (χ2n) is 3.43. The van der Waals surface area contributed by atoms with Crippen molar-refractivity contribution in [2.45, 2.75) is 12.5 Å². The molecule has 84 valence electrons. The van der Waals surface area contributed by atoms with E-state index >= 15 is 0 Å². The Bertz CT molecular complexity index is 483. The first kappa shape index (κ1) is 12.5. The van der Waals surface area contributed by atoms with Gasteiger partial charge in [0.05, 0.1) is 6.10 Å². The van der Waals surface area contributed by atoms with Crippen molar-refractivity contribution in [3.05, 3.63) is 54.2 Å². The zero-order valence-corrected chi connectivity index (χ0v) is 12.9. The summed E-state index contributed by atoms with van der Waals surface area (Å²) in [5.41, 5.74) is 1.00. The lowest BCUT2D eigenvalue weighted by atomic mass is 10.1. The van der Waals surface area contributed by atoms with E-state index in [4.69, 9.17) is 0 Å². The number of aliphatic hydroxyl groups is 1. The Morgan fingerprint density at radius 1 is 1.31 bits per heavy atom. The van der Waals surface area contributed by atoms with Crippen LogP contribution in [0.5, 0.6) is 0 Å². The van der Waals surface area contributed by atoms with Crippen molar-refractivity contribution in [2.24, 2.45) is 0 Å². The molecule has 1 heterocycles. The van der Waals surface area contributed by atoms with E-state index < -0.39 is 6.10 Å². The van der Waals surface area contributed by atoms with Crippen LogP contribution < -0.4 is 0 Å². The Labute approximate surface area is 121 Å². The normalized spacial score (nSPS) is 12.7. The van der Waals surface area contributed by atoms with Crippen LogP contribution in [-0.4, -0.2) is 5.11 Å². The maximum atomic E-state index is 10.2. The summed E-state index contributed by atoms with van der Waals surface area (Å²) in [4.78, 5) is 1.19. The van der Waals surface area contributed by atoms with Crippen molar-refractivity contribution in [3.63, 3.8) is 0 Å². The van der Waals surface area contributed by atoms with Crippen LogP contribution in [0.25, 0.3) is 0 Å². The van der Waals surface area contributed by atoms with Gasteiger partial charge in [-0.2, -0.15) is 0 Å². The summed E-state index contributed by atoms with van der Waals surface area (Å²) in [5, 5.41) is 12.2. The topological polar surface area (TPSA) is 20.2 Å². The molecule has 1 aromatic heterocycles. The predicted molar refractivity (Wildman–Crippen MR) is 79.8 cm³/mol. The lowest BCUT2D eigenvalue weighted by molar-refractivity contribution is 0.178. The third kappa shape index (κ3) is 2.85. The lowest BCUT2D eigenvalue weighted by Crippen LogP contribution is -2.02. The van der Waals surface area contributed by atoms with Crippen LogP contribution in [0.4, 0.5) is 0 Å². The van der Waals surface area contributed by atoms with Crippen LogP contribution in [0.2, 0.25) is 0 Å². The number of hydrogen-bond acceptors (Lipinski definition) is 2. The molecule has 0 spiro atoms. The summed E-state index contributed by atoms with van der Waals surface area (Å²) in [7, 11) is 0. The molecule has 16 heavy (non-hydrogen) atoms. The van der Waals surface area contributed by atoms with Gasteiger partial charge in [-0.05, 0) is 61.6 Å². The summed E-state index contributed by atoms with van der Waals surface area (Å²) in [6.45, 7) is 0. The fraction of sp³-hybridized carbons (Fsp3) is 0.167. The molecular formula is C12H10BrIOS. The Morgan fingerprint density at radius 3 is 2.69 bits per heavy atom. The molecule has 1 atom stereocenters. The molecular weight excluding hydrogens is 399 g/mol. The average molecular weight is 409 g/mol. The van der Waals surface area contributed by atoms with Gasteiger partial charge < -0.3 is 5.11 Å². The van der Waals surface area contributed by atoms with E-state index in [9.17, 15) is 5.11 Å². The maximum Gasteiger partial charge on any atom is 0.0848 e. The minimum atomic E-state index is -0.428. The first-order valence-corrected chi connectivity index (χ1v) is 7.58. The standard InChI is InChI=1S/C12H10BrIOS/c13-9-5-6-16-12(9)7-11(15)8-3-1-2-4-10(8)14/h1-6,11,15H,7H2. The van der Waals surface area contributed by atoms with Crippen molar-refractivity contribution in [2.75, 3.05) is 0 Å². The molecule has 0 aliphatic carbocycles. The molecule has 1 unspecified atom stereocenters. The molecule has 0 bridgehead atoms. The van der Waals surface area contributed by atoms with Crippen LogP contribution in [0, 0.1) is 3.57 Å². The van der Waals surface area contributed by atoms with Crippen LogP contribution in [0.1, 0.15) is 16.5 Å². The molecule has 1 N–H and O–H groups in total. The highest BCUT2D eigenvalue weighted by Crippen LogP contribution is 2.29. The third-order valence-corrected chi connectivity index (χ3v) is 5.27. The molecule has 0 amide bonds. The van der Waals surface area contributed by atoms with Crippen molar-refractivity contribution in [1.29, 1.82) is 0 Å². The molecule has 1 aromatic carbocycles. The summed E-state index contributed by atoms with van der Waals surface area (Å²) in [5.74, 6) is 0. The molecule has 0 aliphatic rings. The van der Waals surface area contributed by atoms with Crippen molar-refractivity contribution in [1.82, 2.24) is 0 Å². The smallest absolute Gasteiger partial charge is 0.0848 e. The Balaban J connectivity index is 2.18. The highest BCUT2D eigenvalue weighted by molar-refractivity contribution is 14.1. The van der Waals surface area contributed by atoms with Crippen molar-refractivity contribution in [3.8, 4) is 0 Å². The highest BCUT2D eigenvalue weighted by Gasteiger charge is 2.13. The number of thiophene rings is 1. The molecule has 0 radical (unpaired) electrons. The minimum absolute atomic E-state index is 0.428. The predicted octanol–water partition coefficient (Wildman–Crippen LogP) is 4.39. The Morgan fingerprint density at radius 2 is 2.06 bits per heavy atom.